The minimum absolute atomic E-state index is 0.161. The van der Waals surface area contributed by atoms with Crippen LogP contribution in [0.3, 0.4) is 0 Å². The molecular formula is C11H10Cl2N2O. The van der Waals surface area contributed by atoms with Crippen LogP contribution in [0.1, 0.15) is 17.4 Å². The zero-order valence-corrected chi connectivity index (χ0v) is 10.1. The molecule has 16 heavy (non-hydrogen) atoms. The molecule has 2 rings (SSSR count). The molecule has 0 aliphatic heterocycles. The van der Waals surface area contributed by atoms with Crippen LogP contribution in [-0.2, 0) is 0 Å². The maximum absolute atomic E-state index is 11.6. The van der Waals surface area contributed by atoms with E-state index in [1.54, 1.807) is 18.2 Å². The Kier molecular flexibility index (Phi) is 3.08. The molecule has 1 heterocycles. The van der Waals surface area contributed by atoms with Gasteiger partial charge in [0.15, 0.2) is 0 Å². The van der Waals surface area contributed by atoms with Gasteiger partial charge in [0.2, 0.25) is 0 Å². The predicted octanol–water partition coefficient (Wildman–Crippen LogP) is 3.22. The van der Waals surface area contributed by atoms with Crippen LogP contribution < -0.4 is 5.32 Å². The summed E-state index contributed by atoms with van der Waals surface area (Å²) in [5.74, 6) is -0.161. The lowest BCUT2D eigenvalue weighted by molar-refractivity contribution is 0.0951. The number of aromatic amines is 1. The molecule has 0 aliphatic carbocycles. The van der Waals surface area contributed by atoms with Crippen molar-refractivity contribution in [2.45, 2.75) is 6.92 Å². The first-order valence-corrected chi connectivity index (χ1v) is 5.64. The number of hydrogen-bond donors (Lipinski definition) is 2. The summed E-state index contributed by atoms with van der Waals surface area (Å²) in [5, 5.41) is 4.59. The summed E-state index contributed by atoms with van der Waals surface area (Å²) in [6.07, 6.45) is 0. The Morgan fingerprint density at radius 2 is 2.06 bits per heavy atom. The lowest BCUT2D eigenvalue weighted by atomic mass is 10.2. The minimum Gasteiger partial charge on any atom is -0.351 e. The summed E-state index contributed by atoms with van der Waals surface area (Å²) in [5.41, 5.74) is 1.15. The van der Waals surface area contributed by atoms with Crippen LogP contribution in [0.15, 0.2) is 18.2 Å². The highest BCUT2D eigenvalue weighted by molar-refractivity contribution is 6.40. The van der Waals surface area contributed by atoms with Gasteiger partial charge in [-0.15, -0.1) is 0 Å². The molecule has 0 unspecified atom stereocenters. The number of amides is 1. The fourth-order valence-electron chi connectivity index (χ4n) is 1.53. The zero-order chi connectivity index (χ0) is 11.7. The molecule has 84 valence electrons. The van der Waals surface area contributed by atoms with E-state index in [9.17, 15) is 4.79 Å². The number of benzene rings is 1. The van der Waals surface area contributed by atoms with Crippen molar-refractivity contribution in [1.29, 1.82) is 0 Å². The number of halogens is 2. The highest BCUT2D eigenvalue weighted by Crippen LogP contribution is 2.29. The quantitative estimate of drug-likeness (QED) is 0.852. The van der Waals surface area contributed by atoms with Gasteiger partial charge >= 0.3 is 0 Å². The van der Waals surface area contributed by atoms with E-state index in [1.165, 1.54) is 0 Å². The van der Waals surface area contributed by atoms with Crippen molar-refractivity contribution in [3.05, 3.63) is 33.9 Å². The molecule has 5 heteroatoms. The average molecular weight is 257 g/mol. The molecule has 1 aromatic heterocycles. The van der Waals surface area contributed by atoms with Gasteiger partial charge in [0.1, 0.15) is 5.69 Å². The fraction of sp³-hybridized carbons (Fsp3) is 0.182. The first kappa shape index (κ1) is 11.3. The zero-order valence-electron chi connectivity index (χ0n) is 8.60. The smallest absolute Gasteiger partial charge is 0.267 e. The molecular weight excluding hydrogens is 247 g/mol. The summed E-state index contributed by atoms with van der Waals surface area (Å²) in [7, 11) is 0. The Morgan fingerprint density at radius 1 is 1.38 bits per heavy atom. The molecule has 0 fully saturated rings. The number of carbonyl (C=O) groups excluding carboxylic acids is 1. The van der Waals surface area contributed by atoms with E-state index in [-0.39, 0.29) is 5.91 Å². The van der Waals surface area contributed by atoms with Gasteiger partial charge in [-0.3, -0.25) is 4.79 Å². The predicted molar refractivity (Wildman–Crippen MR) is 66.3 cm³/mol. The van der Waals surface area contributed by atoms with Crippen LogP contribution in [0.4, 0.5) is 0 Å². The molecule has 3 nitrogen and oxygen atoms in total. The lowest BCUT2D eigenvalue weighted by Gasteiger charge is -1.97. The van der Waals surface area contributed by atoms with Crippen LogP contribution in [0.5, 0.6) is 0 Å². The molecule has 0 radical (unpaired) electrons. The van der Waals surface area contributed by atoms with Gasteiger partial charge in [0.25, 0.3) is 5.91 Å². The van der Waals surface area contributed by atoms with Crippen molar-refractivity contribution in [1.82, 2.24) is 10.3 Å². The third-order valence-corrected chi connectivity index (χ3v) is 2.92. The second-order valence-corrected chi connectivity index (χ2v) is 4.17. The van der Waals surface area contributed by atoms with Crippen LogP contribution in [0.2, 0.25) is 10.0 Å². The number of nitrogens with one attached hydrogen (secondary N) is 2. The number of hydrogen-bond acceptors (Lipinski definition) is 1. The highest BCUT2D eigenvalue weighted by Gasteiger charge is 2.12. The van der Waals surface area contributed by atoms with E-state index in [0.717, 1.165) is 5.39 Å². The maximum Gasteiger partial charge on any atom is 0.267 e. The highest BCUT2D eigenvalue weighted by atomic mass is 35.5. The Bertz CT molecular complexity index is 509. The second-order valence-electron chi connectivity index (χ2n) is 3.36. The summed E-state index contributed by atoms with van der Waals surface area (Å²) in [6, 6.07) is 5.11. The van der Waals surface area contributed by atoms with Crippen LogP contribution in [0, 0.1) is 0 Å². The molecule has 1 aromatic carbocycles. The van der Waals surface area contributed by atoms with Crippen molar-refractivity contribution >= 4 is 40.0 Å². The normalized spacial score (nSPS) is 10.7. The average Bonchev–Trinajstić information content (AvgIpc) is 2.70. The van der Waals surface area contributed by atoms with Crippen molar-refractivity contribution in [2.75, 3.05) is 6.54 Å². The molecule has 0 aliphatic rings. The van der Waals surface area contributed by atoms with Gasteiger partial charge in [-0.1, -0.05) is 23.2 Å². The van der Waals surface area contributed by atoms with Crippen LogP contribution >= 0.6 is 23.2 Å². The third-order valence-electron chi connectivity index (χ3n) is 2.27. The number of H-pyrrole nitrogens is 1. The fourth-order valence-corrected chi connectivity index (χ4v) is 1.95. The molecule has 2 N–H and O–H groups in total. The third kappa shape index (κ3) is 1.88. The molecule has 0 saturated heterocycles. The molecule has 0 spiro atoms. The lowest BCUT2D eigenvalue weighted by Crippen LogP contribution is -2.22. The number of rotatable bonds is 2. The van der Waals surface area contributed by atoms with Gasteiger partial charge in [-0.05, 0) is 25.1 Å². The summed E-state index contributed by atoms with van der Waals surface area (Å²) >= 11 is 12.0. The van der Waals surface area contributed by atoms with Gasteiger partial charge < -0.3 is 10.3 Å². The van der Waals surface area contributed by atoms with Crippen molar-refractivity contribution < 1.29 is 4.79 Å². The molecule has 0 bridgehead atoms. The largest absolute Gasteiger partial charge is 0.351 e. The van der Waals surface area contributed by atoms with E-state index in [4.69, 9.17) is 23.2 Å². The molecule has 1 amide bonds. The summed E-state index contributed by atoms with van der Waals surface area (Å²) in [4.78, 5) is 14.6. The SMILES string of the molecule is CCNC(=O)c1cc2c(Cl)ccc(Cl)c2[nH]1. The van der Waals surface area contributed by atoms with Gasteiger partial charge in [0.05, 0.1) is 15.6 Å². The number of aromatic nitrogens is 1. The van der Waals surface area contributed by atoms with Gasteiger partial charge in [0, 0.05) is 11.9 Å². The second kappa shape index (κ2) is 4.36. The van der Waals surface area contributed by atoms with Crippen molar-refractivity contribution in [2.24, 2.45) is 0 Å². The summed E-state index contributed by atoms with van der Waals surface area (Å²) in [6.45, 7) is 2.44. The number of fused-ring (bicyclic) bond motifs is 1. The Labute approximate surface area is 103 Å². The van der Waals surface area contributed by atoms with E-state index in [0.29, 0.717) is 27.8 Å². The van der Waals surface area contributed by atoms with E-state index < -0.39 is 0 Å². The Balaban J connectivity index is 2.55. The number of carbonyl (C=O) groups is 1. The van der Waals surface area contributed by atoms with Gasteiger partial charge in [-0.2, -0.15) is 0 Å². The molecule has 2 aromatic rings. The van der Waals surface area contributed by atoms with E-state index in [1.807, 2.05) is 6.92 Å². The topological polar surface area (TPSA) is 44.9 Å². The van der Waals surface area contributed by atoms with Crippen LogP contribution in [-0.4, -0.2) is 17.4 Å². The Morgan fingerprint density at radius 3 is 2.69 bits per heavy atom. The van der Waals surface area contributed by atoms with Crippen molar-refractivity contribution in [3.63, 3.8) is 0 Å². The Hall–Kier alpha value is -1.19. The van der Waals surface area contributed by atoms with E-state index >= 15 is 0 Å². The maximum atomic E-state index is 11.6. The first-order valence-electron chi connectivity index (χ1n) is 4.88. The van der Waals surface area contributed by atoms with Crippen LogP contribution in [0.25, 0.3) is 10.9 Å². The summed E-state index contributed by atoms with van der Waals surface area (Å²) < 4.78 is 0. The molecule has 0 atom stereocenters. The molecule has 0 saturated carbocycles. The van der Waals surface area contributed by atoms with E-state index in [2.05, 4.69) is 10.3 Å². The minimum atomic E-state index is -0.161. The standard InChI is InChI=1S/C11H10Cl2N2O/c1-2-14-11(16)9-5-6-7(12)3-4-8(13)10(6)15-9/h3-5,15H,2H2,1H3,(H,14,16). The first-order chi connectivity index (χ1) is 7.63. The van der Waals surface area contributed by atoms with Crippen molar-refractivity contribution in [3.8, 4) is 0 Å². The monoisotopic (exact) mass is 256 g/mol. The van der Waals surface area contributed by atoms with Gasteiger partial charge in [-0.25, -0.2) is 0 Å².